The first-order valence-electron chi connectivity index (χ1n) is 4.63. The number of rotatable bonds is 10. The van der Waals surface area contributed by atoms with Gasteiger partial charge in [0, 0.05) is 14.2 Å². The molecule has 0 aliphatic rings. The van der Waals surface area contributed by atoms with Crippen LogP contribution in [0.3, 0.4) is 0 Å². The average Bonchev–Trinajstić information content (AvgIpc) is 2.19. The van der Waals surface area contributed by atoms with Crippen LogP contribution in [-0.4, -0.2) is 60.0 Å². The van der Waals surface area contributed by atoms with E-state index in [1.54, 1.807) is 14.2 Å². The Hall–Kier alpha value is 0.270. The van der Waals surface area contributed by atoms with Crippen molar-refractivity contribution in [3.63, 3.8) is 0 Å². The molecular formula is C9H21O4P. The molecule has 0 aliphatic carbocycles. The Morgan fingerprint density at radius 3 is 1.64 bits per heavy atom. The first-order chi connectivity index (χ1) is 6.81. The van der Waals surface area contributed by atoms with Gasteiger partial charge in [-0.15, -0.1) is 7.92 Å². The SMILES string of the molecule is COCOCCP(C)CCOCOC. The minimum absolute atomic E-state index is 0.0251. The Morgan fingerprint density at radius 2 is 1.29 bits per heavy atom. The van der Waals surface area contributed by atoms with Crippen molar-refractivity contribution in [1.29, 1.82) is 0 Å². The van der Waals surface area contributed by atoms with Crippen LogP contribution in [0.2, 0.25) is 0 Å². The van der Waals surface area contributed by atoms with Crippen molar-refractivity contribution in [3.8, 4) is 0 Å². The molecule has 0 saturated heterocycles. The van der Waals surface area contributed by atoms with Gasteiger partial charge in [-0.05, 0) is 19.0 Å². The van der Waals surface area contributed by atoms with Crippen LogP contribution >= 0.6 is 7.92 Å². The molecule has 0 aliphatic heterocycles. The van der Waals surface area contributed by atoms with E-state index in [-0.39, 0.29) is 7.92 Å². The van der Waals surface area contributed by atoms with Crippen LogP contribution < -0.4 is 0 Å². The average molecular weight is 224 g/mol. The lowest BCUT2D eigenvalue weighted by Crippen LogP contribution is -2.06. The Morgan fingerprint density at radius 1 is 0.857 bits per heavy atom. The standard InChI is InChI=1S/C9H21O4P/c1-10-8-12-4-6-14(3)7-5-13-9-11-2/h4-9H2,1-3H3. The van der Waals surface area contributed by atoms with Crippen LogP contribution in [0, 0.1) is 0 Å². The highest BCUT2D eigenvalue weighted by Crippen LogP contribution is 2.28. The highest BCUT2D eigenvalue weighted by atomic mass is 31.1. The molecule has 14 heavy (non-hydrogen) atoms. The predicted molar refractivity (Wildman–Crippen MR) is 58.2 cm³/mol. The van der Waals surface area contributed by atoms with E-state index in [0.29, 0.717) is 13.6 Å². The lowest BCUT2D eigenvalue weighted by Gasteiger charge is -2.12. The fraction of sp³-hybridized carbons (Fsp3) is 1.00. The minimum Gasteiger partial charge on any atom is -0.359 e. The van der Waals surface area contributed by atoms with Crippen molar-refractivity contribution in [2.24, 2.45) is 0 Å². The molecule has 0 aromatic rings. The topological polar surface area (TPSA) is 36.9 Å². The molecule has 0 bridgehead atoms. The molecule has 0 spiro atoms. The maximum Gasteiger partial charge on any atom is 0.146 e. The number of ether oxygens (including phenoxy) is 4. The third-order valence-corrected chi connectivity index (χ3v) is 3.53. The van der Waals surface area contributed by atoms with Crippen molar-refractivity contribution in [2.45, 2.75) is 0 Å². The van der Waals surface area contributed by atoms with Gasteiger partial charge in [0.1, 0.15) is 13.6 Å². The second-order valence-corrected chi connectivity index (χ2v) is 5.54. The summed E-state index contributed by atoms with van der Waals surface area (Å²) in [6.07, 6.45) is 2.21. The molecule has 0 unspecified atom stereocenters. The smallest absolute Gasteiger partial charge is 0.146 e. The summed E-state index contributed by atoms with van der Waals surface area (Å²) >= 11 is 0. The van der Waals surface area contributed by atoms with Crippen LogP contribution in [0.5, 0.6) is 0 Å². The van der Waals surface area contributed by atoms with E-state index in [9.17, 15) is 0 Å². The zero-order valence-electron chi connectivity index (χ0n) is 9.32. The van der Waals surface area contributed by atoms with Crippen molar-refractivity contribution in [3.05, 3.63) is 0 Å². The molecular weight excluding hydrogens is 203 g/mol. The molecule has 0 rings (SSSR count). The molecule has 0 radical (unpaired) electrons. The summed E-state index contributed by atoms with van der Waals surface area (Å²) in [5.74, 6) is 0. The summed E-state index contributed by atoms with van der Waals surface area (Å²) in [5, 5.41) is 0. The van der Waals surface area contributed by atoms with E-state index in [1.807, 2.05) is 0 Å². The zero-order valence-corrected chi connectivity index (χ0v) is 10.2. The summed E-state index contributed by atoms with van der Waals surface area (Å²) in [6, 6.07) is 0. The first kappa shape index (κ1) is 14.3. The Balaban J connectivity index is 3.07. The lowest BCUT2D eigenvalue weighted by molar-refractivity contribution is -0.0254. The number of methoxy groups -OCH3 is 2. The monoisotopic (exact) mass is 224 g/mol. The Labute approximate surface area is 87.6 Å². The molecule has 0 N–H and O–H groups in total. The van der Waals surface area contributed by atoms with E-state index >= 15 is 0 Å². The van der Waals surface area contributed by atoms with Crippen LogP contribution in [0.15, 0.2) is 0 Å². The Bertz CT molecular complexity index is 101. The predicted octanol–water partition coefficient (Wildman–Crippen LogP) is 1.34. The molecule has 0 fully saturated rings. The fourth-order valence-electron chi connectivity index (χ4n) is 0.837. The molecule has 0 aromatic carbocycles. The van der Waals surface area contributed by atoms with Crippen LogP contribution in [-0.2, 0) is 18.9 Å². The van der Waals surface area contributed by atoms with E-state index in [2.05, 4.69) is 6.66 Å². The van der Waals surface area contributed by atoms with Gasteiger partial charge in [-0.3, -0.25) is 0 Å². The first-order valence-corrected chi connectivity index (χ1v) is 6.79. The van der Waals surface area contributed by atoms with Gasteiger partial charge in [-0.2, -0.15) is 0 Å². The molecule has 5 heteroatoms. The van der Waals surface area contributed by atoms with Gasteiger partial charge in [-0.25, -0.2) is 0 Å². The molecule has 0 amide bonds. The maximum absolute atomic E-state index is 5.21. The zero-order chi connectivity index (χ0) is 10.6. The minimum atomic E-state index is 0.0251. The molecule has 86 valence electrons. The van der Waals surface area contributed by atoms with Crippen molar-refractivity contribution in [1.82, 2.24) is 0 Å². The van der Waals surface area contributed by atoms with Gasteiger partial charge in [-0.1, -0.05) is 0 Å². The molecule has 0 atom stereocenters. The third kappa shape index (κ3) is 10.4. The van der Waals surface area contributed by atoms with Crippen molar-refractivity contribution in [2.75, 3.05) is 60.0 Å². The van der Waals surface area contributed by atoms with E-state index in [4.69, 9.17) is 18.9 Å². The van der Waals surface area contributed by atoms with Gasteiger partial charge in [0.25, 0.3) is 0 Å². The largest absolute Gasteiger partial charge is 0.359 e. The van der Waals surface area contributed by atoms with Gasteiger partial charge in [0.15, 0.2) is 0 Å². The summed E-state index contributed by atoms with van der Waals surface area (Å²) in [5.41, 5.74) is 0. The van der Waals surface area contributed by atoms with Crippen molar-refractivity contribution >= 4 is 7.92 Å². The molecule has 0 heterocycles. The van der Waals surface area contributed by atoms with Crippen LogP contribution in [0.1, 0.15) is 0 Å². The Kier molecular flexibility index (Phi) is 11.6. The second kappa shape index (κ2) is 11.3. The van der Waals surface area contributed by atoms with Crippen LogP contribution in [0.25, 0.3) is 0 Å². The van der Waals surface area contributed by atoms with E-state index in [0.717, 1.165) is 25.5 Å². The lowest BCUT2D eigenvalue weighted by atomic mass is 10.8. The molecule has 0 aromatic heterocycles. The molecule has 0 saturated carbocycles. The van der Waals surface area contributed by atoms with Crippen LogP contribution in [0.4, 0.5) is 0 Å². The summed E-state index contributed by atoms with van der Waals surface area (Å²) in [4.78, 5) is 0. The van der Waals surface area contributed by atoms with Crippen molar-refractivity contribution < 1.29 is 18.9 Å². The molecule has 4 nitrogen and oxygen atoms in total. The van der Waals surface area contributed by atoms with Gasteiger partial charge < -0.3 is 18.9 Å². The highest BCUT2D eigenvalue weighted by Gasteiger charge is 2.00. The normalized spacial score (nSPS) is 11.1. The maximum atomic E-state index is 5.21. The summed E-state index contributed by atoms with van der Waals surface area (Å²) in [7, 11) is 3.29. The number of hydrogen-bond acceptors (Lipinski definition) is 4. The number of hydrogen-bond donors (Lipinski definition) is 0. The highest BCUT2D eigenvalue weighted by molar-refractivity contribution is 7.56. The second-order valence-electron chi connectivity index (χ2n) is 2.93. The van der Waals surface area contributed by atoms with Gasteiger partial charge in [0.05, 0.1) is 13.2 Å². The van der Waals surface area contributed by atoms with E-state index < -0.39 is 0 Å². The van der Waals surface area contributed by atoms with Gasteiger partial charge in [0.2, 0.25) is 0 Å². The third-order valence-electron chi connectivity index (χ3n) is 1.64. The summed E-state index contributed by atoms with van der Waals surface area (Å²) in [6.45, 7) is 4.59. The quantitative estimate of drug-likeness (QED) is 0.319. The summed E-state index contributed by atoms with van der Waals surface area (Å²) < 4.78 is 20.0. The fourth-order valence-corrected chi connectivity index (χ4v) is 1.94. The van der Waals surface area contributed by atoms with Gasteiger partial charge >= 0.3 is 0 Å². The van der Waals surface area contributed by atoms with E-state index in [1.165, 1.54) is 0 Å².